The summed E-state index contributed by atoms with van der Waals surface area (Å²) in [6.07, 6.45) is 1.08. The summed E-state index contributed by atoms with van der Waals surface area (Å²) >= 11 is 0. The van der Waals surface area contributed by atoms with E-state index in [1.54, 1.807) is 7.11 Å². The number of aromatic nitrogens is 3. The predicted octanol–water partition coefficient (Wildman–Crippen LogP) is 1.65. The number of amides is 1. The van der Waals surface area contributed by atoms with Gasteiger partial charge in [-0.3, -0.25) is 9.89 Å². The molecule has 1 aromatic carbocycles. The molecule has 0 saturated carbocycles. The first kappa shape index (κ1) is 18.9. The fraction of sp³-hybridized carbons (Fsp3) is 0.400. The largest absolute Gasteiger partial charge is 0.497 e. The summed E-state index contributed by atoms with van der Waals surface area (Å²) in [6.45, 7) is 2.20. The standard InChI is InChI=1S/C15H21N5O2.ClH/c1-10(16)3-8-14(21)17-9-13-18-15(20-19-13)11-4-6-12(22-2)7-5-11;/h4-7,10H,3,8-9,16H2,1-2H3,(H,17,21)(H,18,19,20);1H. The topological polar surface area (TPSA) is 106 Å². The number of methoxy groups -OCH3 is 1. The number of nitrogens with one attached hydrogen (secondary N) is 2. The molecule has 1 aromatic heterocycles. The van der Waals surface area contributed by atoms with Crippen molar-refractivity contribution in [2.45, 2.75) is 32.4 Å². The van der Waals surface area contributed by atoms with E-state index in [0.29, 0.717) is 31.0 Å². The minimum absolute atomic E-state index is 0. The van der Waals surface area contributed by atoms with E-state index in [0.717, 1.165) is 11.3 Å². The Bertz CT molecular complexity index is 613. The second-order valence-corrected chi connectivity index (χ2v) is 5.13. The van der Waals surface area contributed by atoms with E-state index in [1.807, 2.05) is 31.2 Å². The highest BCUT2D eigenvalue weighted by atomic mass is 35.5. The van der Waals surface area contributed by atoms with Gasteiger partial charge in [-0.05, 0) is 37.6 Å². The van der Waals surface area contributed by atoms with Gasteiger partial charge in [0, 0.05) is 18.0 Å². The van der Waals surface area contributed by atoms with E-state index in [9.17, 15) is 4.79 Å². The molecule has 1 amide bonds. The molecule has 1 heterocycles. The SMILES string of the molecule is COc1ccc(-c2n[nH]c(CNC(=O)CCC(C)N)n2)cc1.Cl. The molecular formula is C15H22ClN5O2. The second-order valence-electron chi connectivity index (χ2n) is 5.13. The van der Waals surface area contributed by atoms with Gasteiger partial charge >= 0.3 is 0 Å². The molecular weight excluding hydrogens is 318 g/mol. The van der Waals surface area contributed by atoms with Gasteiger partial charge in [-0.25, -0.2) is 4.98 Å². The molecule has 0 spiro atoms. The van der Waals surface area contributed by atoms with Crippen LogP contribution in [0.3, 0.4) is 0 Å². The maximum Gasteiger partial charge on any atom is 0.220 e. The summed E-state index contributed by atoms with van der Waals surface area (Å²) in [5, 5.41) is 9.76. The normalized spacial score (nSPS) is 11.4. The number of carbonyl (C=O) groups is 1. The first-order chi connectivity index (χ1) is 10.6. The lowest BCUT2D eigenvalue weighted by atomic mass is 10.2. The summed E-state index contributed by atoms with van der Waals surface area (Å²) < 4.78 is 5.11. The van der Waals surface area contributed by atoms with Gasteiger partial charge in [-0.1, -0.05) is 0 Å². The van der Waals surface area contributed by atoms with Crippen molar-refractivity contribution in [3.8, 4) is 17.1 Å². The third kappa shape index (κ3) is 5.88. The van der Waals surface area contributed by atoms with E-state index in [1.165, 1.54) is 0 Å². The van der Waals surface area contributed by atoms with Gasteiger partial charge < -0.3 is 15.8 Å². The zero-order valence-corrected chi connectivity index (χ0v) is 14.0. The van der Waals surface area contributed by atoms with Gasteiger partial charge in [0.25, 0.3) is 0 Å². The molecule has 126 valence electrons. The molecule has 1 atom stereocenters. The Balaban J connectivity index is 0.00000264. The molecule has 0 radical (unpaired) electrons. The number of H-pyrrole nitrogens is 1. The molecule has 0 aliphatic heterocycles. The Morgan fingerprint density at radius 3 is 2.70 bits per heavy atom. The van der Waals surface area contributed by atoms with Crippen LogP contribution >= 0.6 is 12.4 Å². The molecule has 7 nitrogen and oxygen atoms in total. The quantitative estimate of drug-likeness (QED) is 0.711. The van der Waals surface area contributed by atoms with Crippen LogP contribution in [0.1, 0.15) is 25.6 Å². The molecule has 0 aliphatic carbocycles. The van der Waals surface area contributed by atoms with Crippen LogP contribution in [0.15, 0.2) is 24.3 Å². The van der Waals surface area contributed by atoms with Crippen molar-refractivity contribution in [1.29, 1.82) is 0 Å². The van der Waals surface area contributed by atoms with E-state index in [4.69, 9.17) is 10.5 Å². The van der Waals surface area contributed by atoms with Crippen molar-refractivity contribution < 1.29 is 9.53 Å². The van der Waals surface area contributed by atoms with Gasteiger partial charge in [0.05, 0.1) is 13.7 Å². The molecule has 2 rings (SSSR count). The average Bonchev–Trinajstić information content (AvgIpc) is 3.00. The molecule has 0 aliphatic rings. The number of hydrogen-bond donors (Lipinski definition) is 3. The number of nitrogens with two attached hydrogens (primary N) is 1. The summed E-state index contributed by atoms with van der Waals surface area (Å²) in [7, 11) is 1.62. The number of benzene rings is 1. The summed E-state index contributed by atoms with van der Waals surface area (Å²) in [5.41, 5.74) is 6.50. The monoisotopic (exact) mass is 339 g/mol. The van der Waals surface area contributed by atoms with Gasteiger partial charge in [0.1, 0.15) is 11.6 Å². The third-order valence-electron chi connectivity index (χ3n) is 3.16. The van der Waals surface area contributed by atoms with E-state index in [-0.39, 0.29) is 24.4 Å². The van der Waals surface area contributed by atoms with Crippen molar-refractivity contribution in [3.05, 3.63) is 30.1 Å². The molecule has 23 heavy (non-hydrogen) atoms. The summed E-state index contributed by atoms with van der Waals surface area (Å²) in [4.78, 5) is 16.0. The van der Waals surface area contributed by atoms with Crippen LogP contribution in [0.2, 0.25) is 0 Å². The Labute approximate surface area is 141 Å². The lowest BCUT2D eigenvalue weighted by Gasteiger charge is -2.05. The van der Waals surface area contributed by atoms with Crippen LogP contribution in [0.5, 0.6) is 5.75 Å². The van der Waals surface area contributed by atoms with Gasteiger partial charge in [-0.15, -0.1) is 12.4 Å². The van der Waals surface area contributed by atoms with Crippen molar-refractivity contribution in [1.82, 2.24) is 20.5 Å². The Hall–Kier alpha value is -2.12. The second kappa shape index (κ2) is 9.12. The smallest absolute Gasteiger partial charge is 0.220 e. The molecule has 8 heteroatoms. The molecule has 2 aromatic rings. The Morgan fingerprint density at radius 2 is 2.09 bits per heavy atom. The fourth-order valence-corrected chi connectivity index (χ4v) is 1.87. The lowest BCUT2D eigenvalue weighted by molar-refractivity contribution is -0.121. The number of aromatic amines is 1. The average molecular weight is 340 g/mol. The molecule has 1 unspecified atom stereocenters. The van der Waals surface area contributed by atoms with E-state index < -0.39 is 0 Å². The van der Waals surface area contributed by atoms with Gasteiger partial charge in [0.15, 0.2) is 5.82 Å². The van der Waals surface area contributed by atoms with Crippen LogP contribution in [-0.4, -0.2) is 34.2 Å². The lowest BCUT2D eigenvalue weighted by Crippen LogP contribution is -2.25. The summed E-state index contributed by atoms with van der Waals surface area (Å²) in [6, 6.07) is 7.49. The molecule has 0 fully saturated rings. The summed E-state index contributed by atoms with van der Waals surface area (Å²) in [5.74, 6) is 1.93. The molecule has 0 saturated heterocycles. The number of carbonyl (C=O) groups excluding carboxylic acids is 1. The van der Waals surface area contributed by atoms with Crippen LogP contribution in [0, 0.1) is 0 Å². The Morgan fingerprint density at radius 1 is 1.39 bits per heavy atom. The first-order valence-corrected chi connectivity index (χ1v) is 7.16. The van der Waals surface area contributed by atoms with Crippen LogP contribution in [-0.2, 0) is 11.3 Å². The van der Waals surface area contributed by atoms with Crippen LogP contribution in [0.4, 0.5) is 0 Å². The van der Waals surface area contributed by atoms with Gasteiger partial charge in [-0.2, -0.15) is 5.10 Å². The zero-order chi connectivity index (χ0) is 15.9. The van der Waals surface area contributed by atoms with E-state index >= 15 is 0 Å². The zero-order valence-electron chi connectivity index (χ0n) is 13.2. The van der Waals surface area contributed by atoms with E-state index in [2.05, 4.69) is 20.5 Å². The number of ether oxygens (including phenoxy) is 1. The number of rotatable bonds is 7. The molecule has 4 N–H and O–H groups in total. The van der Waals surface area contributed by atoms with Crippen molar-refractivity contribution in [2.24, 2.45) is 5.73 Å². The molecule has 0 bridgehead atoms. The minimum Gasteiger partial charge on any atom is -0.497 e. The van der Waals surface area contributed by atoms with Crippen molar-refractivity contribution >= 4 is 18.3 Å². The maximum absolute atomic E-state index is 11.6. The van der Waals surface area contributed by atoms with Crippen LogP contribution in [0.25, 0.3) is 11.4 Å². The van der Waals surface area contributed by atoms with Crippen molar-refractivity contribution in [3.63, 3.8) is 0 Å². The van der Waals surface area contributed by atoms with Gasteiger partial charge in [0.2, 0.25) is 5.91 Å². The highest BCUT2D eigenvalue weighted by Crippen LogP contribution is 2.18. The predicted molar refractivity (Wildman–Crippen MR) is 90.3 cm³/mol. The number of halogens is 1. The number of hydrogen-bond acceptors (Lipinski definition) is 5. The minimum atomic E-state index is -0.0419. The third-order valence-corrected chi connectivity index (χ3v) is 3.16. The fourth-order valence-electron chi connectivity index (χ4n) is 1.87. The van der Waals surface area contributed by atoms with Crippen molar-refractivity contribution in [2.75, 3.05) is 7.11 Å². The highest BCUT2D eigenvalue weighted by molar-refractivity contribution is 5.85. The first-order valence-electron chi connectivity index (χ1n) is 7.16. The number of nitrogens with zero attached hydrogens (tertiary/aromatic N) is 2. The van der Waals surface area contributed by atoms with Crippen LogP contribution < -0.4 is 15.8 Å². The highest BCUT2D eigenvalue weighted by Gasteiger charge is 2.08. The maximum atomic E-state index is 11.6. The Kier molecular flexibility index (Phi) is 7.50.